The van der Waals surface area contributed by atoms with Crippen LogP contribution >= 0.6 is 0 Å². The molecule has 3 aromatic rings. The van der Waals surface area contributed by atoms with E-state index in [-0.39, 0.29) is 12.0 Å². The van der Waals surface area contributed by atoms with Gasteiger partial charge in [-0.05, 0) is 35.7 Å². The van der Waals surface area contributed by atoms with E-state index in [1.54, 1.807) is 0 Å². The van der Waals surface area contributed by atoms with Gasteiger partial charge in [-0.1, -0.05) is 36.4 Å². The second kappa shape index (κ2) is 8.49. The Hall–Kier alpha value is -3.12. The van der Waals surface area contributed by atoms with Crippen molar-refractivity contribution in [2.45, 2.75) is 19.1 Å². The average Bonchev–Trinajstić information content (AvgIpc) is 3.15. The zero-order valence-corrected chi connectivity index (χ0v) is 16.8. The molecule has 1 aliphatic heterocycles. The molecule has 1 aromatic heterocycles. The Morgan fingerprint density at radius 1 is 1.21 bits per heavy atom. The minimum atomic E-state index is -0.225. The first-order chi connectivity index (χ1) is 14.1. The second-order valence-electron chi connectivity index (χ2n) is 7.49. The highest BCUT2D eigenvalue weighted by Crippen LogP contribution is 2.25. The van der Waals surface area contributed by atoms with Crippen molar-refractivity contribution in [3.63, 3.8) is 0 Å². The summed E-state index contributed by atoms with van der Waals surface area (Å²) in [5.74, 6) is -0.104. The van der Waals surface area contributed by atoms with E-state index < -0.39 is 0 Å². The Balaban J connectivity index is 1.43. The number of carbonyl (C=O) groups is 1. The molecular formula is C23H26N4O2. The van der Waals surface area contributed by atoms with Crippen LogP contribution in [0, 0.1) is 0 Å². The Labute approximate surface area is 171 Å². The van der Waals surface area contributed by atoms with Gasteiger partial charge < -0.3 is 15.0 Å². The highest BCUT2D eigenvalue weighted by atomic mass is 16.5. The molecule has 1 atom stereocenters. The van der Waals surface area contributed by atoms with Crippen molar-refractivity contribution in [3.8, 4) is 0 Å². The first kappa shape index (κ1) is 19.2. The van der Waals surface area contributed by atoms with Crippen LogP contribution in [0.2, 0.25) is 0 Å². The number of hydrogen-bond donors (Lipinski definition) is 1. The number of nitrogens with zero attached hydrogens (tertiary/aromatic N) is 3. The molecule has 0 unspecified atom stereocenters. The fourth-order valence-corrected chi connectivity index (χ4v) is 3.55. The Morgan fingerprint density at radius 2 is 2.03 bits per heavy atom. The van der Waals surface area contributed by atoms with Crippen LogP contribution in [0.5, 0.6) is 0 Å². The van der Waals surface area contributed by atoms with Gasteiger partial charge in [-0.15, -0.1) is 0 Å². The van der Waals surface area contributed by atoms with Crippen LogP contribution in [0.15, 0.2) is 60.8 Å². The Morgan fingerprint density at radius 3 is 2.83 bits per heavy atom. The molecule has 6 heteroatoms. The number of amides is 1. The zero-order chi connectivity index (χ0) is 20.2. The summed E-state index contributed by atoms with van der Waals surface area (Å²) in [7, 11) is 3.92. The van der Waals surface area contributed by atoms with Gasteiger partial charge in [-0.2, -0.15) is 5.10 Å². The number of ether oxygens (including phenoxy) is 1. The lowest BCUT2D eigenvalue weighted by atomic mass is 10.1. The van der Waals surface area contributed by atoms with Gasteiger partial charge in [0.1, 0.15) is 6.10 Å². The Kier molecular flexibility index (Phi) is 5.62. The van der Waals surface area contributed by atoms with Gasteiger partial charge in [-0.25, -0.2) is 0 Å². The van der Waals surface area contributed by atoms with Crippen molar-refractivity contribution in [3.05, 3.63) is 83.2 Å². The van der Waals surface area contributed by atoms with E-state index in [2.05, 4.69) is 23.6 Å². The predicted octanol–water partition coefficient (Wildman–Crippen LogP) is 3.04. The number of hydrogen-bond acceptors (Lipinski definition) is 4. The highest BCUT2D eigenvalue weighted by molar-refractivity contribution is 5.95. The van der Waals surface area contributed by atoms with Crippen LogP contribution in [-0.2, 0) is 17.7 Å². The SMILES string of the molecule is CN(C)c1cccc(C(=O)NC[C@H]2OCCc3cn(Cc4ccccc4)nc32)c1. The number of aromatic nitrogens is 2. The standard InChI is InChI=1S/C23H26N4O2/c1-26(2)20-10-6-9-18(13-20)23(28)24-14-21-22-19(11-12-29-21)16-27(25-22)15-17-7-4-3-5-8-17/h3-10,13,16,21H,11-12,14-15H2,1-2H3,(H,24,28)/t21-/m1/s1. The summed E-state index contributed by atoms with van der Waals surface area (Å²) in [5.41, 5.74) is 4.96. The fraction of sp³-hybridized carbons (Fsp3) is 0.304. The van der Waals surface area contributed by atoms with Crippen LogP contribution in [0.3, 0.4) is 0 Å². The van der Waals surface area contributed by atoms with Crippen LogP contribution in [0.25, 0.3) is 0 Å². The molecular weight excluding hydrogens is 364 g/mol. The summed E-state index contributed by atoms with van der Waals surface area (Å²) in [6.07, 6.45) is 2.72. The monoisotopic (exact) mass is 390 g/mol. The van der Waals surface area contributed by atoms with Crippen molar-refractivity contribution in [2.24, 2.45) is 0 Å². The summed E-state index contributed by atoms with van der Waals surface area (Å²) in [5, 5.41) is 7.75. The van der Waals surface area contributed by atoms with Crippen molar-refractivity contribution >= 4 is 11.6 Å². The molecule has 0 bridgehead atoms. The minimum absolute atomic E-state index is 0.104. The van der Waals surface area contributed by atoms with Crippen molar-refractivity contribution < 1.29 is 9.53 Å². The van der Waals surface area contributed by atoms with E-state index in [1.807, 2.05) is 66.1 Å². The molecule has 150 valence electrons. The molecule has 0 spiro atoms. The van der Waals surface area contributed by atoms with Crippen molar-refractivity contribution in [2.75, 3.05) is 32.1 Å². The summed E-state index contributed by atoms with van der Waals surface area (Å²) < 4.78 is 7.88. The topological polar surface area (TPSA) is 59.4 Å². The molecule has 1 aliphatic rings. The van der Waals surface area contributed by atoms with Gasteiger partial charge in [0.25, 0.3) is 5.91 Å². The van der Waals surface area contributed by atoms with E-state index >= 15 is 0 Å². The molecule has 2 heterocycles. The van der Waals surface area contributed by atoms with Crippen molar-refractivity contribution in [1.29, 1.82) is 0 Å². The second-order valence-corrected chi connectivity index (χ2v) is 7.49. The van der Waals surface area contributed by atoms with Gasteiger partial charge in [0.15, 0.2) is 0 Å². The molecule has 0 saturated heterocycles. The molecule has 1 N–H and O–H groups in total. The minimum Gasteiger partial charge on any atom is -0.378 e. The summed E-state index contributed by atoms with van der Waals surface area (Å²) in [6, 6.07) is 17.8. The summed E-state index contributed by atoms with van der Waals surface area (Å²) in [6.45, 7) is 1.77. The van der Waals surface area contributed by atoms with Crippen molar-refractivity contribution in [1.82, 2.24) is 15.1 Å². The van der Waals surface area contributed by atoms with Crippen LogP contribution in [0.1, 0.15) is 33.3 Å². The lowest BCUT2D eigenvalue weighted by Crippen LogP contribution is -2.32. The number of anilines is 1. The summed E-state index contributed by atoms with van der Waals surface area (Å²) in [4.78, 5) is 14.6. The van der Waals surface area contributed by atoms with E-state index in [4.69, 9.17) is 9.84 Å². The van der Waals surface area contributed by atoms with E-state index in [0.717, 1.165) is 24.3 Å². The quantitative estimate of drug-likeness (QED) is 0.703. The third-order valence-corrected chi connectivity index (χ3v) is 5.13. The molecule has 6 nitrogen and oxygen atoms in total. The lowest BCUT2D eigenvalue weighted by molar-refractivity contribution is 0.0383. The van der Waals surface area contributed by atoms with Gasteiger partial charge in [0, 0.05) is 38.1 Å². The smallest absolute Gasteiger partial charge is 0.251 e. The van der Waals surface area contributed by atoms with Gasteiger partial charge in [-0.3, -0.25) is 9.48 Å². The molecule has 0 radical (unpaired) electrons. The average molecular weight is 390 g/mol. The fourth-order valence-electron chi connectivity index (χ4n) is 3.55. The molecule has 29 heavy (non-hydrogen) atoms. The third kappa shape index (κ3) is 4.49. The maximum Gasteiger partial charge on any atom is 0.251 e. The number of rotatable bonds is 6. The van der Waals surface area contributed by atoms with E-state index in [0.29, 0.717) is 18.7 Å². The predicted molar refractivity (Wildman–Crippen MR) is 113 cm³/mol. The zero-order valence-electron chi connectivity index (χ0n) is 16.8. The molecule has 0 fully saturated rings. The third-order valence-electron chi connectivity index (χ3n) is 5.13. The maximum atomic E-state index is 12.6. The van der Waals surface area contributed by atoms with Crippen LogP contribution < -0.4 is 10.2 Å². The molecule has 0 saturated carbocycles. The van der Waals surface area contributed by atoms with Gasteiger partial charge >= 0.3 is 0 Å². The normalized spacial score (nSPS) is 15.6. The first-order valence-electron chi connectivity index (χ1n) is 9.87. The van der Waals surface area contributed by atoms with Gasteiger partial charge in [0.05, 0.1) is 18.8 Å². The van der Waals surface area contributed by atoms with Crippen LogP contribution in [-0.4, -0.2) is 42.9 Å². The van der Waals surface area contributed by atoms with E-state index in [9.17, 15) is 4.79 Å². The molecule has 0 aliphatic carbocycles. The first-order valence-corrected chi connectivity index (χ1v) is 9.87. The maximum absolute atomic E-state index is 12.6. The highest BCUT2D eigenvalue weighted by Gasteiger charge is 2.25. The number of benzene rings is 2. The summed E-state index contributed by atoms with van der Waals surface area (Å²) >= 11 is 0. The van der Waals surface area contributed by atoms with Gasteiger partial charge in [0.2, 0.25) is 0 Å². The van der Waals surface area contributed by atoms with E-state index in [1.165, 1.54) is 11.1 Å². The molecule has 2 aromatic carbocycles. The number of nitrogens with one attached hydrogen (secondary N) is 1. The number of fused-ring (bicyclic) bond motifs is 1. The molecule has 1 amide bonds. The Bertz CT molecular complexity index is 982. The van der Waals surface area contributed by atoms with Crippen LogP contribution in [0.4, 0.5) is 5.69 Å². The molecule has 4 rings (SSSR count). The lowest BCUT2D eigenvalue weighted by Gasteiger charge is -2.22. The number of carbonyl (C=O) groups excluding carboxylic acids is 1. The largest absolute Gasteiger partial charge is 0.378 e.